The zero-order valence-corrected chi connectivity index (χ0v) is 11.9. The van der Waals surface area contributed by atoms with Gasteiger partial charge in [0.1, 0.15) is 0 Å². The van der Waals surface area contributed by atoms with E-state index in [4.69, 9.17) is 5.11 Å². The SMILES string of the molecule is O=C(c1ccc(Cn2ccnc2)cc1)N(CCO)C1CC1. The minimum absolute atomic E-state index is 0.0146. The molecule has 0 unspecified atom stereocenters. The highest BCUT2D eigenvalue weighted by Crippen LogP contribution is 2.28. The molecule has 1 aromatic carbocycles. The van der Waals surface area contributed by atoms with Crippen LogP contribution in [0.5, 0.6) is 0 Å². The number of imidazole rings is 1. The number of aliphatic hydroxyl groups excluding tert-OH is 1. The highest BCUT2D eigenvalue weighted by Gasteiger charge is 2.32. The Morgan fingerprint density at radius 1 is 1.33 bits per heavy atom. The summed E-state index contributed by atoms with van der Waals surface area (Å²) in [5.74, 6) is 0.0146. The number of aliphatic hydroxyl groups is 1. The van der Waals surface area contributed by atoms with E-state index in [0.29, 0.717) is 18.2 Å². The van der Waals surface area contributed by atoms with Crippen molar-refractivity contribution in [1.82, 2.24) is 14.5 Å². The van der Waals surface area contributed by atoms with E-state index in [1.807, 2.05) is 35.0 Å². The molecule has 0 saturated heterocycles. The molecule has 1 heterocycles. The first kappa shape index (κ1) is 13.8. The van der Waals surface area contributed by atoms with Gasteiger partial charge in [-0.05, 0) is 30.5 Å². The van der Waals surface area contributed by atoms with Crippen LogP contribution in [0.3, 0.4) is 0 Å². The molecule has 0 aliphatic heterocycles. The van der Waals surface area contributed by atoms with Gasteiger partial charge in [-0.15, -0.1) is 0 Å². The number of hydrogen-bond acceptors (Lipinski definition) is 3. The van der Waals surface area contributed by atoms with Crippen LogP contribution in [0.2, 0.25) is 0 Å². The molecule has 1 aromatic heterocycles. The fourth-order valence-corrected chi connectivity index (χ4v) is 2.45. The predicted octanol–water partition coefficient (Wildman–Crippen LogP) is 1.53. The summed E-state index contributed by atoms with van der Waals surface area (Å²) in [5.41, 5.74) is 1.81. The number of hydrogen-bond donors (Lipinski definition) is 1. The van der Waals surface area contributed by atoms with Gasteiger partial charge in [0.15, 0.2) is 0 Å². The Morgan fingerprint density at radius 2 is 2.10 bits per heavy atom. The standard InChI is InChI=1S/C16H19N3O2/c20-10-9-19(15-5-6-15)16(21)14-3-1-13(2-4-14)11-18-8-7-17-12-18/h1-4,7-8,12,15,20H,5-6,9-11H2. The molecular weight excluding hydrogens is 266 g/mol. The zero-order chi connectivity index (χ0) is 14.7. The van der Waals surface area contributed by atoms with Crippen LogP contribution in [0.4, 0.5) is 0 Å². The van der Waals surface area contributed by atoms with Crippen molar-refractivity contribution in [3.8, 4) is 0 Å². The Kier molecular flexibility index (Phi) is 4.01. The predicted molar refractivity (Wildman–Crippen MR) is 78.9 cm³/mol. The van der Waals surface area contributed by atoms with Crippen molar-refractivity contribution in [2.24, 2.45) is 0 Å². The number of carbonyl (C=O) groups excluding carboxylic acids is 1. The molecule has 1 amide bonds. The monoisotopic (exact) mass is 285 g/mol. The van der Waals surface area contributed by atoms with Gasteiger partial charge in [0.2, 0.25) is 0 Å². The number of aromatic nitrogens is 2. The quantitative estimate of drug-likeness (QED) is 0.875. The molecule has 1 N–H and O–H groups in total. The third-order valence-corrected chi connectivity index (χ3v) is 3.71. The maximum Gasteiger partial charge on any atom is 0.254 e. The van der Waals surface area contributed by atoms with Crippen molar-refractivity contribution in [1.29, 1.82) is 0 Å². The maximum atomic E-state index is 12.4. The van der Waals surface area contributed by atoms with Gasteiger partial charge < -0.3 is 14.6 Å². The highest BCUT2D eigenvalue weighted by molar-refractivity contribution is 5.94. The first-order valence-corrected chi connectivity index (χ1v) is 7.24. The smallest absolute Gasteiger partial charge is 0.254 e. The lowest BCUT2D eigenvalue weighted by Gasteiger charge is -2.21. The second-order valence-corrected chi connectivity index (χ2v) is 5.39. The van der Waals surface area contributed by atoms with Crippen molar-refractivity contribution in [2.75, 3.05) is 13.2 Å². The molecule has 2 aromatic rings. The summed E-state index contributed by atoms with van der Waals surface area (Å²) >= 11 is 0. The van der Waals surface area contributed by atoms with Crippen molar-refractivity contribution in [2.45, 2.75) is 25.4 Å². The number of benzene rings is 1. The summed E-state index contributed by atoms with van der Waals surface area (Å²) in [6, 6.07) is 7.98. The van der Waals surface area contributed by atoms with Crippen LogP contribution in [0.1, 0.15) is 28.8 Å². The Balaban J connectivity index is 1.69. The Labute approximate surface area is 123 Å². The van der Waals surface area contributed by atoms with Gasteiger partial charge in [0, 0.05) is 37.1 Å². The van der Waals surface area contributed by atoms with Gasteiger partial charge in [-0.2, -0.15) is 0 Å². The van der Waals surface area contributed by atoms with E-state index in [1.54, 1.807) is 17.4 Å². The van der Waals surface area contributed by atoms with E-state index < -0.39 is 0 Å². The molecule has 3 rings (SSSR count). The summed E-state index contributed by atoms with van der Waals surface area (Å²) in [7, 11) is 0. The third kappa shape index (κ3) is 3.31. The lowest BCUT2D eigenvalue weighted by atomic mass is 10.1. The van der Waals surface area contributed by atoms with Crippen LogP contribution >= 0.6 is 0 Å². The van der Waals surface area contributed by atoms with E-state index in [-0.39, 0.29) is 12.5 Å². The highest BCUT2D eigenvalue weighted by atomic mass is 16.3. The van der Waals surface area contributed by atoms with Gasteiger partial charge in [-0.3, -0.25) is 4.79 Å². The minimum Gasteiger partial charge on any atom is -0.395 e. The first-order valence-electron chi connectivity index (χ1n) is 7.24. The van der Waals surface area contributed by atoms with Crippen LogP contribution in [0.15, 0.2) is 43.0 Å². The minimum atomic E-state index is 0.0146. The molecule has 0 radical (unpaired) electrons. The second-order valence-electron chi connectivity index (χ2n) is 5.39. The molecule has 21 heavy (non-hydrogen) atoms. The first-order chi connectivity index (χ1) is 10.3. The molecular formula is C16H19N3O2. The van der Waals surface area contributed by atoms with E-state index in [2.05, 4.69) is 4.98 Å². The normalized spacial score (nSPS) is 14.1. The van der Waals surface area contributed by atoms with Gasteiger partial charge in [0.05, 0.1) is 12.9 Å². The van der Waals surface area contributed by atoms with E-state index in [1.165, 1.54) is 0 Å². The van der Waals surface area contributed by atoms with Gasteiger partial charge in [-0.25, -0.2) is 4.98 Å². The van der Waals surface area contributed by atoms with Crippen LogP contribution in [0, 0.1) is 0 Å². The van der Waals surface area contributed by atoms with E-state index >= 15 is 0 Å². The molecule has 1 aliphatic rings. The van der Waals surface area contributed by atoms with Crippen molar-refractivity contribution in [3.63, 3.8) is 0 Å². The lowest BCUT2D eigenvalue weighted by Crippen LogP contribution is -2.35. The summed E-state index contributed by atoms with van der Waals surface area (Å²) in [5, 5.41) is 9.09. The van der Waals surface area contributed by atoms with Gasteiger partial charge in [0.25, 0.3) is 5.91 Å². The zero-order valence-electron chi connectivity index (χ0n) is 11.9. The van der Waals surface area contributed by atoms with Crippen LogP contribution in [0.25, 0.3) is 0 Å². The van der Waals surface area contributed by atoms with Crippen molar-refractivity contribution < 1.29 is 9.90 Å². The lowest BCUT2D eigenvalue weighted by molar-refractivity contribution is 0.0707. The Hall–Kier alpha value is -2.14. The fraction of sp³-hybridized carbons (Fsp3) is 0.375. The topological polar surface area (TPSA) is 58.4 Å². The molecule has 0 atom stereocenters. The number of carbonyl (C=O) groups is 1. The summed E-state index contributed by atoms with van der Waals surface area (Å²) in [4.78, 5) is 18.2. The number of amides is 1. The Morgan fingerprint density at radius 3 is 2.67 bits per heavy atom. The third-order valence-electron chi connectivity index (χ3n) is 3.71. The van der Waals surface area contributed by atoms with Gasteiger partial charge in [-0.1, -0.05) is 12.1 Å². The summed E-state index contributed by atoms with van der Waals surface area (Å²) in [6.07, 6.45) is 7.53. The maximum absolute atomic E-state index is 12.4. The molecule has 110 valence electrons. The van der Waals surface area contributed by atoms with E-state index in [9.17, 15) is 4.79 Å². The Bertz CT molecular complexity index is 588. The van der Waals surface area contributed by atoms with Crippen LogP contribution in [-0.4, -0.2) is 44.7 Å². The summed E-state index contributed by atoms with van der Waals surface area (Å²) < 4.78 is 1.99. The fourth-order valence-electron chi connectivity index (χ4n) is 2.45. The average Bonchev–Trinajstić information content (AvgIpc) is 3.22. The molecule has 1 fully saturated rings. The number of rotatable bonds is 6. The largest absolute Gasteiger partial charge is 0.395 e. The van der Waals surface area contributed by atoms with Crippen LogP contribution in [-0.2, 0) is 6.54 Å². The molecule has 0 spiro atoms. The molecule has 5 heteroatoms. The molecule has 5 nitrogen and oxygen atoms in total. The summed E-state index contributed by atoms with van der Waals surface area (Å²) in [6.45, 7) is 1.18. The molecule has 0 bridgehead atoms. The molecule has 1 aliphatic carbocycles. The number of nitrogens with zero attached hydrogens (tertiary/aromatic N) is 3. The van der Waals surface area contributed by atoms with Gasteiger partial charge >= 0.3 is 0 Å². The van der Waals surface area contributed by atoms with Crippen molar-refractivity contribution >= 4 is 5.91 Å². The molecule has 1 saturated carbocycles. The van der Waals surface area contributed by atoms with E-state index in [0.717, 1.165) is 24.9 Å². The van der Waals surface area contributed by atoms with Crippen molar-refractivity contribution in [3.05, 3.63) is 54.1 Å². The van der Waals surface area contributed by atoms with Crippen LogP contribution < -0.4 is 0 Å². The second kappa shape index (κ2) is 6.10. The average molecular weight is 285 g/mol.